The normalized spacial score (nSPS) is 18.5. The van der Waals surface area contributed by atoms with Crippen LogP contribution in [0.2, 0.25) is 25.1 Å². The number of halogens is 5. The standard InChI is InChI=1S/C28H21Cl5N2O4/c1-3-4-11-39-16-9-6-14(7-10-16)24-25(28(38)34(24)15-8-5-13(2)17(29)12-15)35-26(36)18-19(27(35)37)21(31)23(33)22(32)20(18)30/h5-10,12,24-25H,3-4,11H2,1-2H3/t24-,25+/m0/s1. The van der Waals surface area contributed by atoms with Crippen molar-refractivity contribution < 1.29 is 19.1 Å². The molecule has 11 heteroatoms. The topological polar surface area (TPSA) is 66.9 Å². The smallest absolute Gasteiger partial charge is 0.264 e. The average Bonchev–Trinajstić information content (AvgIpc) is 3.17. The first-order valence-electron chi connectivity index (χ1n) is 12.1. The van der Waals surface area contributed by atoms with E-state index in [-0.39, 0.29) is 31.2 Å². The Morgan fingerprint density at radius 1 is 0.769 bits per heavy atom. The van der Waals surface area contributed by atoms with Crippen molar-refractivity contribution in [2.75, 3.05) is 11.5 Å². The van der Waals surface area contributed by atoms with Crippen molar-refractivity contribution in [3.63, 3.8) is 0 Å². The Labute approximate surface area is 250 Å². The highest BCUT2D eigenvalue weighted by Gasteiger charge is 2.58. The summed E-state index contributed by atoms with van der Waals surface area (Å²) in [5.74, 6) is -1.35. The van der Waals surface area contributed by atoms with E-state index in [1.54, 1.807) is 42.5 Å². The number of carbonyl (C=O) groups is 3. The number of β-lactam (4-membered cyclic amide) rings is 1. The maximum Gasteiger partial charge on any atom is 0.264 e. The molecule has 0 bridgehead atoms. The van der Waals surface area contributed by atoms with E-state index in [0.717, 1.165) is 23.3 Å². The number of carbonyl (C=O) groups excluding carboxylic acids is 3. The fourth-order valence-electron chi connectivity index (χ4n) is 4.79. The van der Waals surface area contributed by atoms with Gasteiger partial charge in [0.1, 0.15) is 11.8 Å². The molecule has 0 saturated carbocycles. The molecular weight excluding hydrogens is 606 g/mol. The maximum atomic E-state index is 13.7. The Balaban J connectivity index is 1.57. The lowest BCUT2D eigenvalue weighted by atomic mass is 9.86. The average molecular weight is 627 g/mol. The van der Waals surface area contributed by atoms with Gasteiger partial charge in [-0.15, -0.1) is 0 Å². The number of hydrogen-bond acceptors (Lipinski definition) is 4. The van der Waals surface area contributed by atoms with Gasteiger partial charge in [0, 0.05) is 10.7 Å². The predicted molar refractivity (Wildman–Crippen MR) is 154 cm³/mol. The lowest BCUT2D eigenvalue weighted by molar-refractivity contribution is -0.130. The fourth-order valence-corrected chi connectivity index (χ4v) is 5.98. The van der Waals surface area contributed by atoms with Gasteiger partial charge in [0.05, 0.1) is 43.9 Å². The number of imide groups is 1. The summed E-state index contributed by atoms with van der Waals surface area (Å²) < 4.78 is 5.78. The first-order valence-corrected chi connectivity index (χ1v) is 14.0. The zero-order valence-corrected chi connectivity index (χ0v) is 24.5. The van der Waals surface area contributed by atoms with Crippen LogP contribution in [-0.4, -0.2) is 35.3 Å². The quantitative estimate of drug-likeness (QED) is 0.0872. The van der Waals surface area contributed by atoms with Crippen LogP contribution in [0.1, 0.15) is 57.7 Å². The van der Waals surface area contributed by atoms with Crippen molar-refractivity contribution in [1.29, 1.82) is 0 Å². The van der Waals surface area contributed by atoms with E-state index in [4.69, 9.17) is 62.7 Å². The van der Waals surface area contributed by atoms with E-state index in [0.29, 0.717) is 28.6 Å². The molecule has 3 aromatic carbocycles. The third-order valence-corrected chi connectivity index (χ3v) is 9.11. The second kappa shape index (κ2) is 10.8. The maximum absolute atomic E-state index is 13.7. The third kappa shape index (κ3) is 4.56. The number of rotatable bonds is 7. The molecule has 2 aliphatic heterocycles. The van der Waals surface area contributed by atoms with Gasteiger partial charge in [0.25, 0.3) is 17.7 Å². The number of nitrogens with zero attached hydrogens (tertiary/aromatic N) is 2. The molecule has 0 aliphatic carbocycles. The molecule has 0 aromatic heterocycles. The van der Waals surface area contributed by atoms with Gasteiger partial charge < -0.3 is 9.64 Å². The molecule has 0 spiro atoms. The van der Waals surface area contributed by atoms with E-state index in [2.05, 4.69) is 6.92 Å². The number of ether oxygens (including phenoxy) is 1. The molecule has 202 valence electrons. The third-order valence-electron chi connectivity index (χ3n) is 6.90. The summed E-state index contributed by atoms with van der Waals surface area (Å²) >= 11 is 31.4. The van der Waals surface area contributed by atoms with Crippen LogP contribution in [0, 0.1) is 6.92 Å². The molecule has 2 heterocycles. The van der Waals surface area contributed by atoms with Gasteiger partial charge in [-0.3, -0.25) is 19.3 Å². The van der Waals surface area contributed by atoms with Crippen molar-refractivity contribution in [2.45, 2.75) is 38.8 Å². The van der Waals surface area contributed by atoms with Crippen molar-refractivity contribution in [3.8, 4) is 5.75 Å². The highest BCUT2D eigenvalue weighted by molar-refractivity contribution is 6.55. The van der Waals surface area contributed by atoms with Gasteiger partial charge in [-0.05, 0) is 48.7 Å². The Morgan fingerprint density at radius 3 is 1.90 bits per heavy atom. The van der Waals surface area contributed by atoms with Crippen molar-refractivity contribution in [1.82, 2.24) is 4.90 Å². The molecule has 1 fully saturated rings. The van der Waals surface area contributed by atoms with Crippen LogP contribution in [0.5, 0.6) is 5.75 Å². The molecule has 5 rings (SSSR count). The largest absolute Gasteiger partial charge is 0.494 e. The van der Waals surface area contributed by atoms with E-state index >= 15 is 0 Å². The second-order valence-corrected chi connectivity index (χ2v) is 11.2. The minimum absolute atomic E-state index is 0.142. The van der Waals surface area contributed by atoms with Gasteiger partial charge in [0.15, 0.2) is 0 Å². The zero-order chi connectivity index (χ0) is 28.2. The molecule has 39 heavy (non-hydrogen) atoms. The van der Waals surface area contributed by atoms with Crippen molar-refractivity contribution in [2.24, 2.45) is 0 Å². The molecule has 6 nitrogen and oxygen atoms in total. The van der Waals surface area contributed by atoms with Crippen LogP contribution in [0.4, 0.5) is 5.69 Å². The van der Waals surface area contributed by atoms with Crippen LogP contribution in [0.15, 0.2) is 42.5 Å². The van der Waals surface area contributed by atoms with Gasteiger partial charge in [-0.25, -0.2) is 0 Å². The summed E-state index contributed by atoms with van der Waals surface area (Å²) in [6.45, 7) is 4.51. The number of amides is 3. The van der Waals surface area contributed by atoms with E-state index in [9.17, 15) is 14.4 Å². The van der Waals surface area contributed by atoms with Crippen LogP contribution in [0.3, 0.4) is 0 Å². The molecule has 1 saturated heterocycles. The summed E-state index contributed by atoms with van der Waals surface area (Å²) in [7, 11) is 0. The van der Waals surface area contributed by atoms with Crippen LogP contribution < -0.4 is 9.64 Å². The number of aryl methyl sites for hydroxylation is 1. The zero-order valence-electron chi connectivity index (χ0n) is 20.7. The van der Waals surface area contributed by atoms with E-state index < -0.39 is 29.8 Å². The highest BCUT2D eigenvalue weighted by Crippen LogP contribution is 2.49. The molecule has 2 atom stereocenters. The van der Waals surface area contributed by atoms with Gasteiger partial charge in [0.2, 0.25) is 0 Å². The summed E-state index contributed by atoms with van der Waals surface area (Å²) in [5.41, 5.74) is 1.70. The Bertz CT molecular complexity index is 1480. The lowest BCUT2D eigenvalue weighted by Gasteiger charge is -2.49. The Kier molecular flexibility index (Phi) is 7.79. The molecule has 3 amide bonds. The number of unbranched alkanes of at least 4 members (excludes halogenated alkanes) is 1. The minimum Gasteiger partial charge on any atom is -0.494 e. The summed E-state index contributed by atoms with van der Waals surface area (Å²) in [5, 5.41) is -0.194. The second-order valence-electron chi connectivity index (χ2n) is 9.29. The number of benzene rings is 3. The van der Waals surface area contributed by atoms with Crippen LogP contribution >= 0.6 is 58.0 Å². The van der Waals surface area contributed by atoms with E-state index in [1.807, 2.05) is 6.92 Å². The number of anilines is 1. The summed E-state index contributed by atoms with van der Waals surface area (Å²) in [4.78, 5) is 43.3. The molecule has 0 radical (unpaired) electrons. The van der Waals surface area contributed by atoms with Gasteiger partial charge in [-0.2, -0.15) is 0 Å². The number of fused-ring (bicyclic) bond motifs is 1. The Hall–Kier alpha value is -2.48. The Morgan fingerprint density at radius 2 is 1.36 bits per heavy atom. The number of hydrogen-bond donors (Lipinski definition) is 0. The van der Waals surface area contributed by atoms with Crippen LogP contribution in [0.25, 0.3) is 0 Å². The van der Waals surface area contributed by atoms with E-state index in [1.165, 1.54) is 4.90 Å². The highest BCUT2D eigenvalue weighted by atomic mass is 35.5. The minimum atomic E-state index is -1.17. The van der Waals surface area contributed by atoms with Gasteiger partial charge in [-0.1, -0.05) is 89.5 Å². The first-order chi connectivity index (χ1) is 18.6. The summed E-state index contributed by atoms with van der Waals surface area (Å²) in [6.07, 6.45) is 1.92. The first kappa shape index (κ1) is 28.1. The van der Waals surface area contributed by atoms with Crippen molar-refractivity contribution >= 4 is 81.4 Å². The summed E-state index contributed by atoms with van der Waals surface area (Å²) in [6, 6.07) is 10.5. The van der Waals surface area contributed by atoms with Crippen molar-refractivity contribution in [3.05, 3.63) is 89.8 Å². The molecule has 0 unspecified atom stereocenters. The molecule has 2 aliphatic rings. The fraction of sp³-hybridized carbons (Fsp3) is 0.250. The lowest BCUT2D eigenvalue weighted by Crippen LogP contribution is -2.67. The molecular formula is C28H21Cl5N2O4. The predicted octanol–water partition coefficient (Wildman–Crippen LogP) is 8.19. The molecule has 0 N–H and O–H groups in total. The molecule has 3 aromatic rings. The van der Waals surface area contributed by atoms with Crippen LogP contribution in [-0.2, 0) is 4.79 Å². The SMILES string of the molecule is CCCCOc1ccc([C@H]2[C@@H](N3C(=O)c4c(Cl)c(Cl)c(Cl)c(Cl)c4C3=O)C(=O)N2c2ccc(C)c(Cl)c2)cc1. The van der Waals surface area contributed by atoms with Gasteiger partial charge >= 0.3 is 0 Å². The monoisotopic (exact) mass is 624 g/mol.